The van der Waals surface area contributed by atoms with Crippen LogP contribution in [0.3, 0.4) is 0 Å². The average molecular weight is 617 g/mol. The Morgan fingerprint density at radius 2 is 1.21 bits per heavy atom. The van der Waals surface area contributed by atoms with E-state index in [4.69, 9.17) is 9.47 Å². The summed E-state index contributed by atoms with van der Waals surface area (Å²) in [5.41, 5.74) is 1.25. The lowest BCUT2D eigenvalue weighted by Crippen LogP contribution is -2.63. The number of Topliss-reactive ketones (excluding diaryl/α,β-unsaturated/α-hetero) is 1. The fourth-order valence-corrected chi connectivity index (χ4v) is 4.00. The Morgan fingerprint density at radius 3 is 1.54 bits per heavy atom. The monoisotopic (exact) mass is 616 g/mol. The Balaban J connectivity index is 0.000000406. The zero-order valence-corrected chi connectivity index (χ0v) is 22.0. The predicted molar refractivity (Wildman–Crippen MR) is 121 cm³/mol. The molecule has 0 bridgehead atoms. The van der Waals surface area contributed by atoms with Crippen molar-refractivity contribution in [2.24, 2.45) is 0 Å². The molecule has 39 heavy (non-hydrogen) atoms. The van der Waals surface area contributed by atoms with Crippen molar-refractivity contribution in [1.29, 1.82) is 0 Å². The number of hydrogen-bond acceptors (Lipinski definition) is 6. The van der Waals surface area contributed by atoms with E-state index in [-0.39, 0.29) is 16.7 Å². The summed E-state index contributed by atoms with van der Waals surface area (Å²) in [6.45, 7) is 0. The minimum Gasteiger partial charge on any atom is -0.743 e. The Hall–Kier alpha value is -2.34. The van der Waals surface area contributed by atoms with Gasteiger partial charge in [0.2, 0.25) is 5.78 Å². The van der Waals surface area contributed by atoms with Gasteiger partial charge in [-0.1, -0.05) is 30.3 Å². The molecular weight excluding hydrogens is 595 g/mol. The quantitative estimate of drug-likeness (QED) is 0.126. The number of methoxy groups -OCH3 is 2. The fourth-order valence-electron chi connectivity index (χ4n) is 2.88. The van der Waals surface area contributed by atoms with Gasteiger partial charge in [-0.25, -0.2) is 8.42 Å². The van der Waals surface area contributed by atoms with Crippen LogP contribution < -0.4 is 0 Å². The molecule has 0 aliphatic carbocycles. The van der Waals surface area contributed by atoms with Crippen molar-refractivity contribution >= 4 is 26.8 Å². The summed E-state index contributed by atoms with van der Waals surface area (Å²) in [6.07, 6.45) is -2.85. The first kappa shape index (κ1) is 34.7. The maximum atomic E-state index is 12.9. The summed E-state index contributed by atoms with van der Waals surface area (Å²) < 4.78 is 146. The molecule has 0 spiro atoms. The molecule has 0 radical (unpaired) electrons. The van der Waals surface area contributed by atoms with Crippen molar-refractivity contribution in [2.75, 3.05) is 26.7 Å². The van der Waals surface area contributed by atoms with Gasteiger partial charge in [-0.05, 0) is 24.3 Å². The average Bonchev–Trinajstić information content (AvgIpc) is 2.84. The van der Waals surface area contributed by atoms with Crippen LogP contribution >= 0.6 is 0 Å². The summed E-state index contributed by atoms with van der Waals surface area (Å²) in [7, 11) is -4.27. The maximum absolute atomic E-state index is 12.9. The van der Waals surface area contributed by atoms with Crippen LogP contribution in [0, 0.1) is 0 Å². The standard InChI is InChI=1S/C18H21O3S.C4HF9O3S/c1-20-18(21-2,17(19)14-8-6-5-7-9-14)15-10-12-16(13-11-15)22(3)4;5-1(6,3(9,10)11)2(7,8)4(12,13)17(14,15)16/h5-13H,1-4H3;(H,14,15,16)/q+1;/p-1. The maximum Gasteiger partial charge on any atom is 0.460 e. The molecule has 2 aromatic carbocycles. The first-order valence-electron chi connectivity index (χ1n) is 10.1. The number of carbonyl (C=O) groups is 1. The summed E-state index contributed by atoms with van der Waals surface area (Å²) in [6, 6.07) is 16.9. The third-order valence-electron chi connectivity index (χ3n) is 5.05. The summed E-state index contributed by atoms with van der Waals surface area (Å²) in [5, 5.41) is -7.11. The normalized spacial score (nSPS) is 13.6. The van der Waals surface area contributed by atoms with E-state index in [0.29, 0.717) is 11.1 Å². The number of rotatable bonds is 9. The molecule has 0 aliphatic rings. The zero-order chi connectivity index (χ0) is 30.7. The van der Waals surface area contributed by atoms with Gasteiger partial charge in [0.15, 0.2) is 15.0 Å². The molecular formula is C22H21F9O6S2. The van der Waals surface area contributed by atoms with Gasteiger partial charge in [0.1, 0.15) is 12.5 Å². The molecule has 0 aliphatic heterocycles. The molecule has 220 valence electrons. The van der Waals surface area contributed by atoms with Crippen LogP contribution in [0.25, 0.3) is 0 Å². The second kappa shape index (κ2) is 12.0. The van der Waals surface area contributed by atoms with E-state index in [1.165, 1.54) is 19.1 Å². The van der Waals surface area contributed by atoms with Gasteiger partial charge in [0.25, 0.3) is 5.79 Å². The van der Waals surface area contributed by atoms with Gasteiger partial charge in [-0.15, -0.1) is 0 Å². The highest BCUT2D eigenvalue weighted by atomic mass is 32.2. The molecule has 0 amide bonds. The number of hydrogen-bond donors (Lipinski definition) is 0. The highest BCUT2D eigenvalue weighted by Gasteiger charge is 2.83. The van der Waals surface area contributed by atoms with Gasteiger partial charge in [0, 0.05) is 36.2 Å². The largest absolute Gasteiger partial charge is 0.743 e. The first-order chi connectivity index (χ1) is 17.5. The lowest BCUT2D eigenvalue weighted by molar-refractivity contribution is -0.382. The molecule has 0 atom stereocenters. The third kappa shape index (κ3) is 6.70. The summed E-state index contributed by atoms with van der Waals surface area (Å²) >= 11 is 0. The molecule has 6 nitrogen and oxygen atoms in total. The van der Waals surface area contributed by atoms with Gasteiger partial charge in [0.05, 0.1) is 0 Å². The van der Waals surface area contributed by atoms with Crippen molar-refractivity contribution in [3.63, 3.8) is 0 Å². The van der Waals surface area contributed by atoms with E-state index in [1.807, 2.05) is 42.5 Å². The number of alkyl halides is 9. The second-order valence-corrected chi connectivity index (χ2v) is 11.2. The van der Waals surface area contributed by atoms with Gasteiger partial charge in [-0.2, -0.15) is 39.5 Å². The minimum atomic E-state index is -7.43. The van der Waals surface area contributed by atoms with Gasteiger partial charge < -0.3 is 14.0 Å². The Labute approximate surface area is 220 Å². The molecule has 0 N–H and O–H groups in total. The van der Waals surface area contributed by atoms with Gasteiger partial charge in [-0.3, -0.25) is 4.79 Å². The van der Waals surface area contributed by atoms with Crippen molar-refractivity contribution in [1.82, 2.24) is 0 Å². The number of ether oxygens (including phenoxy) is 2. The zero-order valence-electron chi connectivity index (χ0n) is 20.4. The number of benzene rings is 2. The van der Waals surface area contributed by atoms with Crippen LogP contribution in [0.4, 0.5) is 39.5 Å². The number of halogens is 9. The van der Waals surface area contributed by atoms with E-state index in [9.17, 15) is 57.3 Å². The molecule has 2 aromatic rings. The smallest absolute Gasteiger partial charge is 0.460 e. The van der Waals surface area contributed by atoms with E-state index in [0.717, 1.165) is 0 Å². The van der Waals surface area contributed by atoms with Crippen LogP contribution in [0.5, 0.6) is 0 Å². The topological polar surface area (TPSA) is 92.7 Å². The molecule has 2 rings (SSSR count). The third-order valence-corrected chi connectivity index (χ3v) is 7.14. The van der Waals surface area contributed by atoms with Crippen LogP contribution in [0.2, 0.25) is 0 Å². The lowest BCUT2D eigenvalue weighted by Gasteiger charge is -2.34. The molecule has 0 aromatic heterocycles. The van der Waals surface area contributed by atoms with Crippen LogP contribution in [0.15, 0.2) is 59.5 Å². The Kier molecular flexibility index (Phi) is 10.7. The SMILES string of the molecule is COC(OC)(C(=O)c1ccccc1)c1ccc([S+](C)C)cc1.O=S(=O)([O-])C(F)(F)C(F)(F)C(F)(F)C(F)(F)F. The number of carbonyl (C=O) groups excluding carboxylic acids is 1. The molecule has 0 saturated heterocycles. The van der Waals surface area contributed by atoms with Crippen LogP contribution in [-0.2, 0) is 36.3 Å². The lowest BCUT2D eigenvalue weighted by atomic mass is 9.96. The van der Waals surface area contributed by atoms with Crippen molar-refractivity contribution in [3.05, 3.63) is 65.7 Å². The van der Waals surface area contributed by atoms with Crippen molar-refractivity contribution < 1.29 is 66.8 Å². The predicted octanol–water partition coefficient (Wildman–Crippen LogP) is 5.21. The number of ketones is 1. The van der Waals surface area contributed by atoms with E-state index >= 15 is 0 Å². The highest BCUT2D eigenvalue weighted by Crippen LogP contribution is 2.54. The Morgan fingerprint density at radius 1 is 0.769 bits per heavy atom. The summed E-state index contributed by atoms with van der Waals surface area (Å²) in [5.74, 6) is -16.4. The van der Waals surface area contributed by atoms with Gasteiger partial charge >= 0.3 is 23.3 Å². The first-order valence-corrected chi connectivity index (χ1v) is 13.5. The van der Waals surface area contributed by atoms with E-state index in [1.54, 1.807) is 12.1 Å². The van der Waals surface area contributed by atoms with Crippen molar-refractivity contribution in [2.45, 2.75) is 34.0 Å². The molecule has 17 heteroatoms. The van der Waals surface area contributed by atoms with Crippen molar-refractivity contribution in [3.8, 4) is 0 Å². The second-order valence-electron chi connectivity index (χ2n) is 7.68. The molecule has 0 fully saturated rings. The molecule has 0 heterocycles. The Bertz CT molecular complexity index is 1210. The van der Waals surface area contributed by atoms with E-state index in [2.05, 4.69) is 12.5 Å². The minimum absolute atomic E-state index is 0.169. The van der Waals surface area contributed by atoms with Crippen LogP contribution in [-0.4, -0.2) is 68.8 Å². The van der Waals surface area contributed by atoms with E-state index < -0.39 is 39.2 Å². The summed E-state index contributed by atoms with van der Waals surface area (Å²) in [4.78, 5) is 14.1. The molecule has 0 saturated carbocycles. The molecule has 0 unspecified atom stereocenters. The van der Waals surface area contributed by atoms with Crippen LogP contribution in [0.1, 0.15) is 15.9 Å². The fraction of sp³-hybridized carbons (Fsp3) is 0.409. The highest BCUT2D eigenvalue weighted by molar-refractivity contribution is 7.95.